The predicted molar refractivity (Wildman–Crippen MR) is 98.0 cm³/mol. The molecular weight excluding hydrogens is 352 g/mol. The average molecular weight is 366 g/mol. The molecule has 8 nitrogen and oxygen atoms in total. The normalized spacial score (nSPS) is 10.8. The minimum Gasteiger partial charge on any atom is -0.497 e. The molecule has 0 saturated heterocycles. The fourth-order valence-electron chi connectivity index (χ4n) is 2.52. The number of hydrogen-bond acceptors (Lipinski definition) is 7. The number of thiazole rings is 1. The van der Waals surface area contributed by atoms with Crippen LogP contribution in [0.4, 0.5) is 5.13 Å². The second kappa shape index (κ2) is 6.52. The van der Waals surface area contributed by atoms with Crippen molar-refractivity contribution < 1.29 is 9.53 Å². The van der Waals surface area contributed by atoms with Gasteiger partial charge in [0.1, 0.15) is 12.1 Å². The number of nitrogens with zero attached hydrogens (tertiary/aromatic N) is 5. The first kappa shape index (κ1) is 16.2. The smallest absolute Gasteiger partial charge is 0.257 e. The summed E-state index contributed by atoms with van der Waals surface area (Å²) in [6, 6.07) is 11.0. The molecule has 0 spiro atoms. The highest BCUT2D eigenvalue weighted by Crippen LogP contribution is 2.29. The van der Waals surface area contributed by atoms with Gasteiger partial charge in [-0.25, -0.2) is 9.67 Å². The van der Waals surface area contributed by atoms with E-state index in [-0.39, 0.29) is 5.91 Å². The van der Waals surface area contributed by atoms with E-state index in [2.05, 4.69) is 25.8 Å². The Labute approximate surface area is 152 Å². The van der Waals surface area contributed by atoms with Gasteiger partial charge in [-0.3, -0.25) is 10.1 Å². The van der Waals surface area contributed by atoms with Gasteiger partial charge in [0.2, 0.25) is 0 Å². The molecule has 26 heavy (non-hydrogen) atoms. The van der Waals surface area contributed by atoms with Crippen molar-refractivity contribution in [3.63, 3.8) is 0 Å². The average Bonchev–Trinajstić information content (AvgIpc) is 3.30. The van der Waals surface area contributed by atoms with Gasteiger partial charge in [-0.05, 0) is 53.2 Å². The van der Waals surface area contributed by atoms with E-state index in [1.165, 1.54) is 22.3 Å². The molecule has 0 saturated carbocycles. The van der Waals surface area contributed by atoms with Crippen molar-refractivity contribution in [2.24, 2.45) is 0 Å². The summed E-state index contributed by atoms with van der Waals surface area (Å²) >= 11 is 1.39. The van der Waals surface area contributed by atoms with Crippen LogP contribution in [-0.2, 0) is 0 Å². The number of aromatic nitrogens is 5. The van der Waals surface area contributed by atoms with Crippen LogP contribution in [0.5, 0.6) is 5.75 Å². The van der Waals surface area contributed by atoms with Crippen molar-refractivity contribution in [3.8, 4) is 11.4 Å². The molecule has 9 heteroatoms. The lowest BCUT2D eigenvalue weighted by atomic mass is 10.1. The largest absolute Gasteiger partial charge is 0.497 e. The number of anilines is 1. The first-order valence-electron chi connectivity index (χ1n) is 7.74. The Kier molecular flexibility index (Phi) is 4.05. The van der Waals surface area contributed by atoms with Crippen molar-refractivity contribution in [2.45, 2.75) is 6.92 Å². The van der Waals surface area contributed by atoms with Gasteiger partial charge in [-0.2, -0.15) is 0 Å². The van der Waals surface area contributed by atoms with Gasteiger partial charge in [-0.1, -0.05) is 17.4 Å². The van der Waals surface area contributed by atoms with Crippen molar-refractivity contribution in [2.75, 3.05) is 12.4 Å². The number of ether oxygens (including phenoxy) is 1. The maximum absolute atomic E-state index is 12.6. The second-order valence-electron chi connectivity index (χ2n) is 5.56. The molecule has 0 unspecified atom stereocenters. The summed E-state index contributed by atoms with van der Waals surface area (Å²) in [6.45, 7) is 1.93. The molecule has 0 atom stereocenters. The highest BCUT2D eigenvalue weighted by Gasteiger charge is 2.13. The number of nitrogens with one attached hydrogen (secondary N) is 1. The number of carbonyl (C=O) groups is 1. The fourth-order valence-corrected chi connectivity index (χ4v) is 3.41. The van der Waals surface area contributed by atoms with Gasteiger partial charge in [0.05, 0.1) is 23.0 Å². The zero-order chi connectivity index (χ0) is 18.1. The van der Waals surface area contributed by atoms with E-state index in [4.69, 9.17) is 4.74 Å². The van der Waals surface area contributed by atoms with Crippen LogP contribution in [-0.4, -0.2) is 38.2 Å². The fraction of sp³-hybridized carbons (Fsp3) is 0.118. The van der Waals surface area contributed by atoms with E-state index >= 15 is 0 Å². The van der Waals surface area contributed by atoms with E-state index in [1.807, 2.05) is 31.2 Å². The number of aryl methyl sites for hydroxylation is 1. The molecule has 1 amide bonds. The molecule has 0 bridgehead atoms. The standard InChI is InChI=1S/C17H14N6O2S/c1-10-3-4-11(7-14(10)23-9-18-21-22-23)16(24)20-17-19-13-6-5-12(25-2)8-15(13)26-17/h3-9H,1-2H3,(H,19,20,24). The molecule has 2 aromatic carbocycles. The summed E-state index contributed by atoms with van der Waals surface area (Å²) in [7, 11) is 1.62. The van der Waals surface area contributed by atoms with Crippen LogP contribution in [0.25, 0.3) is 15.9 Å². The van der Waals surface area contributed by atoms with Crippen LogP contribution in [0.3, 0.4) is 0 Å². The lowest BCUT2D eigenvalue weighted by molar-refractivity contribution is 0.102. The van der Waals surface area contributed by atoms with Crippen LogP contribution < -0.4 is 10.1 Å². The molecule has 0 aliphatic carbocycles. The van der Waals surface area contributed by atoms with Crippen LogP contribution in [0.15, 0.2) is 42.7 Å². The Hall–Kier alpha value is -3.33. The summed E-state index contributed by atoms with van der Waals surface area (Å²) in [6.07, 6.45) is 1.49. The Morgan fingerprint density at radius 1 is 1.23 bits per heavy atom. The zero-order valence-corrected chi connectivity index (χ0v) is 14.8. The molecule has 2 aromatic heterocycles. The van der Waals surface area contributed by atoms with Crippen LogP contribution in [0.2, 0.25) is 0 Å². The number of methoxy groups -OCH3 is 1. The number of fused-ring (bicyclic) bond motifs is 1. The summed E-state index contributed by atoms with van der Waals surface area (Å²) in [5, 5.41) is 14.5. The van der Waals surface area contributed by atoms with Gasteiger partial charge in [0, 0.05) is 5.56 Å². The lowest BCUT2D eigenvalue weighted by Crippen LogP contribution is -2.12. The Bertz CT molecular complexity index is 1090. The maximum atomic E-state index is 12.6. The monoisotopic (exact) mass is 366 g/mol. The predicted octanol–water partition coefficient (Wildman–Crippen LogP) is 2.84. The summed E-state index contributed by atoms with van der Waals surface area (Å²) < 4.78 is 7.68. The van der Waals surface area contributed by atoms with Crippen molar-refractivity contribution in [1.29, 1.82) is 0 Å². The third kappa shape index (κ3) is 3.00. The molecule has 0 aliphatic rings. The number of amides is 1. The Balaban J connectivity index is 1.61. The number of rotatable bonds is 4. The molecule has 0 fully saturated rings. The second-order valence-corrected chi connectivity index (χ2v) is 6.59. The Morgan fingerprint density at radius 3 is 2.88 bits per heavy atom. The van der Waals surface area contributed by atoms with Gasteiger partial charge in [-0.15, -0.1) is 5.10 Å². The molecule has 1 N–H and O–H groups in total. The SMILES string of the molecule is COc1ccc2nc(NC(=O)c3ccc(C)c(-n4cnnn4)c3)sc2c1. The molecular formula is C17H14N6O2S. The highest BCUT2D eigenvalue weighted by molar-refractivity contribution is 7.22. The van der Waals surface area contributed by atoms with E-state index < -0.39 is 0 Å². The minimum absolute atomic E-state index is 0.245. The maximum Gasteiger partial charge on any atom is 0.257 e. The lowest BCUT2D eigenvalue weighted by Gasteiger charge is -2.07. The van der Waals surface area contributed by atoms with Crippen LogP contribution in [0.1, 0.15) is 15.9 Å². The van der Waals surface area contributed by atoms with Crippen molar-refractivity contribution >= 4 is 32.6 Å². The van der Waals surface area contributed by atoms with Gasteiger partial charge >= 0.3 is 0 Å². The third-order valence-electron chi connectivity index (χ3n) is 3.88. The van der Waals surface area contributed by atoms with Crippen molar-refractivity contribution in [1.82, 2.24) is 25.2 Å². The number of hydrogen-bond donors (Lipinski definition) is 1. The molecule has 0 aliphatic heterocycles. The topological polar surface area (TPSA) is 94.8 Å². The first-order chi connectivity index (χ1) is 12.6. The summed E-state index contributed by atoms with van der Waals surface area (Å²) in [5.74, 6) is 0.508. The quantitative estimate of drug-likeness (QED) is 0.597. The molecule has 0 radical (unpaired) electrons. The summed E-state index contributed by atoms with van der Waals surface area (Å²) in [5.41, 5.74) is 3.01. The molecule has 130 valence electrons. The summed E-state index contributed by atoms with van der Waals surface area (Å²) in [4.78, 5) is 17.1. The number of tetrazole rings is 1. The number of carbonyl (C=O) groups excluding carboxylic acids is 1. The number of benzene rings is 2. The zero-order valence-electron chi connectivity index (χ0n) is 14.0. The minimum atomic E-state index is -0.245. The van der Waals surface area contributed by atoms with E-state index in [0.717, 1.165) is 27.2 Å². The Morgan fingerprint density at radius 2 is 2.12 bits per heavy atom. The van der Waals surface area contributed by atoms with Crippen LogP contribution in [0, 0.1) is 6.92 Å². The van der Waals surface area contributed by atoms with E-state index in [9.17, 15) is 4.79 Å². The first-order valence-corrected chi connectivity index (χ1v) is 8.55. The molecule has 4 aromatic rings. The van der Waals surface area contributed by atoms with Gasteiger partial charge in [0.15, 0.2) is 5.13 Å². The van der Waals surface area contributed by atoms with E-state index in [0.29, 0.717) is 10.7 Å². The van der Waals surface area contributed by atoms with Crippen LogP contribution >= 0.6 is 11.3 Å². The molecule has 2 heterocycles. The third-order valence-corrected chi connectivity index (χ3v) is 4.82. The van der Waals surface area contributed by atoms with Crippen molar-refractivity contribution in [3.05, 3.63) is 53.9 Å². The van der Waals surface area contributed by atoms with Gasteiger partial charge in [0.25, 0.3) is 5.91 Å². The van der Waals surface area contributed by atoms with Gasteiger partial charge < -0.3 is 4.74 Å². The molecule has 4 rings (SSSR count). The highest BCUT2D eigenvalue weighted by atomic mass is 32.1. The van der Waals surface area contributed by atoms with E-state index in [1.54, 1.807) is 19.2 Å².